The third-order valence-electron chi connectivity index (χ3n) is 4.44. The van der Waals surface area contributed by atoms with Gasteiger partial charge in [-0.3, -0.25) is 0 Å². The summed E-state index contributed by atoms with van der Waals surface area (Å²) >= 11 is 0. The SMILES string of the molecule is Cn1ccnc1[C@H]1OCC[C@@H]1NCc1cnc(-c2ccccc2)[nH]1. The second-order valence-electron chi connectivity index (χ2n) is 6.09. The van der Waals surface area contributed by atoms with Crippen LogP contribution in [0.1, 0.15) is 24.0 Å². The molecule has 3 heterocycles. The van der Waals surface area contributed by atoms with Crippen molar-refractivity contribution in [2.75, 3.05) is 6.61 Å². The van der Waals surface area contributed by atoms with E-state index in [2.05, 4.69) is 32.4 Å². The maximum Gasteiger partial charge on any atom is 0.139 e. The summed E-state index contributed by atoms with van der Waals surface area (Å²) in [7, 11) is 2.00. The average Bonchev–Trinajstić information content (AvgIpc) is 3.34. The Morgan fingerprint density at radius 1 is 1.29 bits per heavy atom. The lowest BCUT2D eigenvalue weighted by Crippen LogP contribution is -2.32. The minimum Gasteiger partial charge on any atom is -0.369 e. The van der Waals surface area contributed by atoms with Crippen LogP contribution in [-0.4, -0.2) is 32.2 Å². The number of hydrogen-bond acceptors (Lipinski definition) is 4. The molecule has 2 aromatic heterocycles. The first kappa shape index (κ1) is 15.1. The summed E-state index contributed by atoms with van der Waals surface area (Å²) in [5.41, 5.74) is 2.16. The maximum absolute atomic E-state index is 5.88. The van der Waals surface area contributed by atoms with Gasteiger partial charge in [-0.15, -0.1) is 0 Å². The third-order valence-corrected chi connectivity index (χ3v) is 4.44. The van der Waals surface area contributed by atoms with Crippen molar-refractivity contribution in [3.63, 3.8) is 0 Å². The topological polar surface area (TPSA) is 67.8 Å². The molecule has 124 valence electrons. The van der Waals surface area contributed by atoms with E-state index in [0.717, 1.165) is 42.5 Å². The van der Waals surface area contributed by atoms with E-state index in [1.807, 2.05) is 48.4 Å². The molecule has 6 heteroatoms. The van der Waals surface area contributed by atoms with Crippen molar-refractivity contribution in [3.05, 3.63) is 60.4 Å². The van der Waals surface area contributed by atoms with E-state index in [0.29, 0.717) is 0 Å². The van der Waals surface area contributed by atoms with Crippen molar-refractivity contribution in [3.8, 4) is 11.4 Å². The minimum atomic E-state index is 0.00140. The first-order chi connectivity index (χ1) is 11.8. The highest BCUT2D eigenvalue weighted by Crippen LogP contribution is 2.28. The Hall–Kier alpha value is -2.44. The van der Waals surface area contributed by atoms with Gasteiger partial charge in [0.1, 0.15) is 17.8 Å². The summed E-state index contributed by atoms with van der Waals surface area (Å²) in [6, 6.07) is 10.4. The molecule has 0 radical (unpaired) electrons. The van der Waals surface area contributed by atoms with E-state index in [-0.39, 0.29) is 12.1 Å². The fourth-order valence-corrected chi connectivity index (χ4v) is 3.14. The lowest BCUT2D eigenvalue weighted by Gasteiger charge is -2.19. The quantitative estimate of drug-likeness (QED) is 0.757. The van der Waals surface area contributed by atoms with Crippen molar-refractivity contribution in [2.45, 2.75) is 25.1 Å². The van der Waals surface area contributed by atoms with Crippen LogP contribution in [0.5, 0.6) is 0 Å². The van der Waals surface area contributed by atoms with Crippen LogP contribution < -0.4 is 5.32 Å². The van der Waals surface area contributed by atoms with Crippen LogP contribution in [0.15, 0.2) is 48.9 Å². The highest BCUT2D eigenvalue weighted by molar-refractivity contribution is 5.54. The Morgan fingerprint density at radius 2 is 2.17 bits per heavy atom. The second-order valence-corrected chi connectivity index (χ2v) is 6.09. The van der Waals surface area contributed by atoms with Gasteiger partial charge in [0.05, 0.1) is 0 Å². The third kappa shape index (κ3) is 2.98. The molecule has 24 heavy (non-hydrogen) atoms. The van der Waals surface area contributed by atoms with Gasteiger partial charge >= 0.3 is 0 Å². The van der Waals surface area contributed by atoms with Crippen molar-refractivity contribution in [1.82, 2.24) is 24.8 Å². The molecule has 2 atom stereocenters. The smallest absolute Gasteiger partial charge is 0.139 e. The zero-order valence-corrected chi connectivity index (χ0v) is 13.6. The van der Waals surface area contributed by atoms with Gasteiger partial charge in [0.15, 0.2) is 0 Å². The molecule has 1 aromatic carbocycles. The van der Waals surface area contributed by atoms with E-state index in [1.165, 1.54) is 0 Å². The number of benzene rings is 1. The number of aromatic amines is 1. The number of rotatable bonds is 5. The van der Waals surface area contributed by atoms with Gasteiger partial charge in [-0.05, 0) is 6.42 Å². The van der Waals surface area contributed by atoms with Crippen LogP contribution in [0, 0.1) is 0 Å². The summed E-state index contributed by atoms with van der Waals surface area (Å²) < 4.78 is 7.90. The van der Waals surface area contributed by atoms with Gasteiger partial charge in [-0.25, -0.2) is 9.97 Å². The Labute approximate surface area is 140 Å². The Kier molecular flexibility index (Phi) is 4.15. The number of hydrogen-bond donors (Lipinski definition) is 2. The fourth-order valence-electron chi connectivity index (χ4n) is 3.14. The molecule has 3 aromatic rings. The molecular weight excluding hydrogens is 302 g/mol. The number of aromatic nitrogens is 4. The highest BCUT2D eigenvalue weighted by atomic mass is 16.5. The highest BCUT2D eigenvalue weighted by Gasteiger charge is 2.32. The molecule has 0 saturated carbocycles. The van der Waals surface area contributed by atoms with Gasteiger partial charge in [0, 0.05) is 56.1 Å². The Balaban J connectivity index is 1.42. The summed E-state index contributed by atoms with van der Waals surface area (Å²) in [6.45, 7) is 1.49. The first-order valence-corrected chi connectivity index (χ1v) is 8.23. The van der Waals surface area contributed by atoms with Crippen molar-refractivity contribution >= 4 is 0 Å². The van der Waals surface area contributed by atoms with Gasteiger partial charge in [0.2, 0.25) is 0 Å². The van der Waals surface area contributed by atoms with E-state index >= 15 is 0 Å². The molecule has 0 aliphatic carbocycles. The molecule has 6 nitrogen and oxygen atoms in total. The van der Waals surface area contributed by atoms with E-state index in [9.17, 15) is 0 Å². The summed E-state index contributed by atoms with van der Waals surface area (Å²) in [4.78, 5) is 12.3. The van der Waals surface area contributed by atoms with Gasteiger partial charge in [0.25, 0.3) is 0 Å². The summed E-state index contributed by atoms with van der Waals surface area (Å²) in [5.74, 6) is 1.87. The van der Waals surface area contributed by atoms with Crippen molar-refractivity contribution < 1.29 is 4.74 Å². The van der Waals surface area contributed by atoms with Gasteiger partial charge in [-0.1, -0.05) is 30.3 Å². The normalized spacial score (nSPS) is 20.5. The number of H-pyrrole nitrogens is 1. The molecule has 0 bridgehead atoms. The van der Waals surface area contributed by atoms with Crippen LogP contribution in [-0.2, 0) is 18.3 Å². The average molecular weight is 323 g/mol. The summed E-state index contributed by atoms with van der Waals surface area (Å²) in [5, 5.41) is 3.58. The zero-order chi connectivity index (χ0) is 16.4. The van der Waals surface area contributed by atoms with E-state index < -0.39 is 0 Å². The molecule has 1 aliphatic heterocycles. The lowest BCUT2D eigenvalue weighted by molar-refractivity contribution is 0.0892. The van der Waals surface area contributed by atoms with Gasteiger partial charge in [-0.2, -0.15) is 0 Å². The summed E-state index contributed by atoms with van der Waals surface area (Å²) in [6.07, 6.45) is 6.64. The second kappa shape index (κ2) is 6.59. The monoisotopic (exact) mass is 323 g/mol. The Bertz CT molecular complexity index is 795. The molecule has 2 N–H and O–H groups in total. The van der Waals surface area contributed by atoms with Crippen LogP contribution in [0.3, 0.4) is 0 Å². The maximum atomic E-state index is 5.88. The van der Waals surface area contributed by atoms with Crippen LogP contribution >= 0.6 is 0 Å². The predicted octanol–water partition coefficient (Wildman–Crippen LogP) is 2.43. The first-order valence-electron chi connectivity index (χ1n) is 8.23. The molecule has 1 saturated heterocycles. The number of nitrogens with zero attached hydrogens (tertiary/aromatic N) is 3. The van der Waals surface area contributed by atoms with Crippen LogP contribution in [0.2, 0.25) is 0 Å². The minimum absolute atomic E-state index is 0.00140. The lowest BCUT2D eigenvalue weighted by atomic mass is 10.1. The molecule has 0 spiro atoms. The van der Waals surface area contributed by atoms with E-state index in [4.69, 9.17) is 4.74 Å². The van der Waals surface area contributed by atoms with Crippen LogP contribution in [0.4, 0.5) is 0 Å². The molecule has 4 rings (SSSR count). The van der Waals surface area contributed by atoms with Crippen LogP contribution in [0.25, 0.3) is 11.4 Å². The number of ether oxygens (including phenoxy) is 1. The van der Waals surface area contributed by atoms with Crippen molar-refractivity contribution in [2.24, 2.45) is 7.05 Å². The molecule has 0 unspecified atom stereocenters. The standard InChI is InChI=1S/C18H21N5O/c1-23-9-8-19-18(23)16-15(7-10-24-16)20-11-14-12-21-17(22-14)13-5-3-2-4-6-13/h2-6,8-9,12,15-16,20H,7,10-11H2,1H3,(H,21,22)/t15-,16-/m0/s1. The number of imidazole rings is 2. The Morgan fingerprint density at radius 3 is 2.96 bits per heavy atom. The molecular formula is C18H21N5O. The fraction of sp³-hybridized carbons (Fsp3) is 0.333. The van der Waals surface area contributed by atoms with Crippen molar-refractivity contribution in [1.29, 1.82) is 0 Å². The largest absolute Gasteiger partial charge is 0.369 e. The molecule has 0 amide bonds. The van der Waals surface area contributed by atoms with E-state index in [1.54, 1.807) is 0 Å². The predicted molar refractivity (Wildman–Crippen MR) is 91.2 cm³/mol. The molecule has 1 aliphatic rings. The van der Waals surface area contributed by atoms with Gasteiger partial charge < -0.3 is 19.6 Å². The molecule has 1 fully saturated rings. The zero-order valence-electron chi connectivity index (χ0n) is 13.6. The number of aryl methyl sites for hydroxylation is 1. The number of nitrogens with one attached hydrogen (secondary N) is 2.